The molecule has 0 radical (unpaired) electrons. The van der Waals surface area contributed by atoms with E-state index in [1.165, 1.54) is 0 Å². The van der Waals surface area contributed by atoms with Gasteiger partial charge in [-0.15, -0.1) is 0 Å². The number of unbranched alkanes of at least 4 members (excludes halogenated alkanes) is 2. The van der Waals surface area contributed by atoms with Gasteiger partial charge in [0.1, 0.15) is 0 Å². The third-order valence-electron chi connectivity index (χ3n) is 6.60. The van der Waals surface area contributed by atoms with Gasteiger partial charge in [0.25, 0.3) is 0 Å². The lowest BCUT2D eigenvalue weighted by Crippen LogP contribution is -2.63. The largest absolute Gasteiger partial charge is 0.339 e. The summed E-state index contributed by atoms with van der Waals surface area (Å²) in [6, 6.07) is 0.238. The first kappa shape index (κ1) is 25.6. The summed E-state index contributed by atoms with van der Waals surface area (Å²) in [5.41, 5.74) is -0.0121. The van der Waals surface area contributed by atoms with Crippen LogP contribution in [0.15, 0.2) is 0 Å². The molecule has 0 bridgehead atoms. The van der Waals surface area contributed by atoms with Gasteiger partial charge >= 0.3 is 0 Å². The predicted octanol–water partition coefficient (Wildman–Crippen LogP) is 3.77. The van der Waals surface area contributed by atoms with E-state index in [0.717, 1.165) is 38.6 Å². The predicted molar refractivity (Wildman–Crippen MR) is 124 cm³/mol. The van der Waals surface area contributed by atoms with Gasteiger partial charge in [-0.3, -0.25) is 4.79 Å². The molecule has 0 spiro atoms. The highest BCUT2D eigenvalue weighted by Crippen LogP contribution is 2.33. The van der Waals surface area contributed by atoms with Gasteiger partial charge in [0, 0.05) is 42.7 Å². The minimum Gasteiger partial charge on any atom is -0.339 e. The van der Waals surface area contributed by atoms with Crippen LogP contribution in [0.3, 0.4) is 0 Å². The Morgan fingerprint density at radius 3 is 2.03 bits per heavy atom. The Bertz CT molecular complexity index is 651. The molecule has 0 aromatic rings. The number of rotatable bonds is 9. The first-order valence-corrected chi connectivity index (χ1v) is 13.6. The van der Waals surface area contributed by atoms with Crippen molar-refractivity contribution in [3.05, 3.63) is 0 Å². The Morgan fingerprint density at radius 2 is 1.53 bits per heavy atom. The van der Waals surface area contributed by atoms with Crippen molar-refractivity contribution in [3.63, 3.8) is 0 Å². The van der Waals surface area contributed by atoms with Crippen LogP contribution in [0, 0.1) is 5.92 Å². The van der Waals surface area contributed by atoms with E-state index in [0.29, 0.717) is 32.4 Å². The fraction of sp³-hybridized carbons (Fsp3) is 0.957. The summed E-state index contributed by atoms with van der Waals surface area (Å²) in [5, 5.41) is 3.72. The van der Waals surface area contributed by atoms with Crippen LogP contribution in [0.2, 0.25) is 0 Å². The topological polar surface area (TPSA) is 69.7 Å². The fourth-order valence-electron chi connectivity index (χ4n) is 5.36. The van der Waals surface area contributed by atoms with Crippen LogP contribution in [0.5, 0.6) is 0 Å². The molecule has 2 aliphatic rings. The van der Waals surface area contributed by atoms with Gasteiger partial charge in [0.15, 0.2) is 0 Å². The molecule has 2 aliphatic heterocycles. The molecule has 2 saturated heterocycles. The number of carbonyl (C=O) groups is 1. The summed E-state index contributed by atoms with van der Waals surface area (Å²) in [5.74, 6) is 0.414. The first-order valence-electron chi connectivity index (χ1n) is 12.0. The maximum atomic E-state index is 13.6. The number of hydrogen-bond donors (Lipinski definition) is 1. The number of carbonyl (C=O) groups excluding carboxylic acids is 1. The molecule has 2 heterocycles. The molecule has 7 heteroatoms. The van der Waals surface area contributed by atoms with Crippen LogP contribution in [0.1, 0.15) is 92.9 Å². The molecule has 0 unspecified atom stereocenters. The van der Waals surface area contributed by atoms with E-state index in [1.807, 2.05) is 6.92 Å². The Balaban J connectivity index is 2.07. The second-order valence-corrected chi connectivity index (χ2v) is 12.8. The molecule has 6 nitrogen and oxygen atoms in total. The van der Waals surface area contributed by atoms with Gasteiger partial charge in [-0.25, -0.2) is 12.7 Å². The monoisotopic (exact) mass is 443 g/mol. The quantitative estimate of drug-likeness (QED) is 0.589. The normalized spacial score (nSPS) is 23.4. The zero-order valence-corrected chi connectivity index (χ0v) is 21.0. The average molecular weight is 444 g/mol. The van der Waals surface area contributed by atoms with Crippen molar-refractivity contribution >= 4 is 15.9 Å². The SMILES string of the molecule is CCCCN(C(=O)C1CCN(S(=O)(=O)CCCC)CC1)C1CC(C)(C)NC(C)(C)C1. The van der Waals surface area contributed by atoms with E-state index in [4.69, 9.17) is 0 Å². The third-order valence-corrected chi connectivity index (χ3v) is 8.55. The molecule has 0 aromatic heterocycles. The van der Waals surface area contributed by atoms with Crippen LogP contribution in [0.4, 0.5) is 0 Å². The molecule has 1 amide bonds. The minimum absolute atomic E-state index is 0.00607. The zero-order chi connectivity index (χ0) is 22.6. The highest BCUT2D eigenvalue weighted by molar-refractivity contribution is 7.89. The molecular formula is C23H45N3O3S. The summed E-state index contributed by atoms with van der Waals surface area (Å²) in [7, 11) is -3.18. The molecule has 0 aromatic carbocycles. The van der Waals surface area contributed by atoms with Gasteiger partial charge in [-0.1, -0.05) is 26.7 Å². The van der Waals surface area contributed by atoms with Crippen LogP contribution in [0.25, 0.3) is 0 Å². The van der Waals surface area contributed by atoms with E-state index >= 15 is 0 Å². The van der Waals surface area contributed by atoms with Gasteiger partial charge in [0.2, 0.25) is 15.9 Å². The minimum atomic E-state index is -3.18. The number of hydrogen-bond acceptors (Lipinski definition) is 4. The molecule has 0 saturated carbocycles. The van der Waals surface area contributed by atoms with Crippen LogP contribution >= 0.6 is 0 Å². The molecule has 2 rings (SSSR count). The van der Waals surface area contributed by atoms with E-state index in [1.54, 1.807) is 4.31 Å². The maximum Gasteiger partial charge on any atom is 0.226 e. The van der Waals surface area contributed by atoms with Crippen molar-refractivity contribution in [1.29, 1.82) is 0 Å². The molecule has 1 N–H and O–H groups in total. The highest BCUT2D eigenvalue weighted by atomic mass is 32.2. The van der Waals surface area contributed by atoms with Crippen LogP contribution < -0.4 is 5.32 Å². The Hall–Kier alpha value is -0.660. The molecule has 2 fully saturated rings. The molecule has 0 atom stereocenters. The van der Waals surface area contributed by atoms with Crippen molar-refractivity contribution in [2.45, 2.75) is 110 Å². The van der Waals surface area contributed by atoms with Crippen LogP contribution in [-0.4, -0.2) is 66.0 Å². The fourth-order valence-corrected chi connectivity index (χ4v) is 7.04. The van der Waals surface area contributed by atoms with Crippen molar-refractivity contribution in [2.75, 3.05) is 25.4 Å². The van der Waals surface area contributed by atoms with Gasteiger partial charge in [-0.05, 0) is 66.2 Å². The summed E-state index contributed by atoms with van der Waals surface area (Å²) in [4.78, 5) is 15.7. The lowest BCUT2D eigenvalue weighted by molar-refractivity contribution is -0.141. The van der Waals surface area contributed by atoms with Crippen molar-refractivity contribution in [2.24, 2.45) is 5.92 Å². The second kappa shape index (κ2) is 10.3. The van der Waals surface area contributed by atoms with Gasteiger partial charge in [-0.2, -0.15) is 0 Å². The van der Waals surface area contributed by atoms with E-state index in [9.17, 15) is 13.2 Å². The molecule has 30 heavy (non-hydrogen) atoms. The van der Waals surface area contributed by atoms with E-state index in [-0.39, 0.29) is 34.7 Å². The first-order chi connectivity index (χ1) is 13.9. The number of amides is 1. The summed E-state index contributed by atoms with van der Waals surface area (Å²) < 4.78 is 26.6. The van der Waals surface area contributed by atoms with Crippen molar-refractivity contribution in [1.82, 2.24) is 14.5 Å². The molecule has 0 aliphatic carbocycles. The Labute approximate surface area is 185 Å². The summed E-state index contributed by atoms with van der Waals surface area (Å²) in [6.45, 7) is 14.8. The summed E-state index contributed by atoms with van der Waals surface area (Å²) in [6.07, 6.45) is 6.86. The number of nitrogens with zero attached hydrogens (tertiary/aromatic N) is 2. The molecule has 176 valence electrons. The van der Waals surface area contributed by atoms with Crippen molar-refractivity contribution < 1.29 is 13.2 Å². The maximum absolute atomic E-state index is 13.6. The number of sulfonamides is 1. The van der Waals surface area contributed by atoms with E-state index < -0.39 is 10.0 Å². The third kappa shape index (κ3) is 6.92. The highest BCUT2D eigenvalue weighted by Gasteiger charge is 2.42. The number of piperidine rings is 2. The van der Waals surface area contributed by atoms with Gasteiger partial charge < -0.3 is 10.2 Å². The van der Waals surface area contributed by atoms with Crippen LogP contribution in [-0.2, 0) is 14.8 Å². The second-order valence-electron chi connectivity index (χ2n) is 10.7. The lowest BCUT2D eigenvalue weighted by Gasteiger charge is -2.50. The smallest absolute Gasteiger partial charge is 0.226 e. The Morgan fingerprint density at radius 1 is 1.00 bits per heavy atom. The Kier molecular flexibility index (Phi) is 8.79. The van der Waals surface area contributed by atoms with E-state index in [2.05, 4.69) is 44.8 Å². The summed E-state index contributed by atoms with van der Waals surface area (Å²) >= 11 is 0. The van der Waals surface area contributed by atoms with Crippen molar-refractivity contribution in [3.8, 4) is 0 Å². The van der Waals surface area contributed by atoms with Gasteiger partial charge in [0.05, 0.1) is 5.75 Å². The molecular weight excluding hydrogens is 398 g/mol. The zero-order valence-electron chi connectivity index (χ0n) is 20.2. The standard InChI is InChI=1S/C23H45N3O3S/c1-7-9-13-26(20-17-22(3,4)24-23(5,6)18-20)21(27)19-11-14-25(15-12-19)30(28,29)16-10-8-2/h19-20,24H,7-18H2,1-6H3. The average Bonchev–Trinajstić information content (AvgIpc) is 2.64. The lowest BCUT2D eigenvalue weighted by atomic mass is 9.78. The number of nitrogens with one attached hydrogen (secondary N) is 1.